The van der Waals surface area contributed by atoms with E-state index in [0.717, 1.165) is 11.2 Å². The number of aliphatic carboxylic acids is 1. The van der Waals surface area contributed by atoms with Gasteiger partial charge in [0.2, 0.25) is 0 Å². The Bertz CT molecular complexity index is 671. The van der Waals surface area contributed by atoms with Gasteiger partial charge >= 0.3 is 5.97 Å². The van der Waals surface area contributed by atoms with E-state index in [1.165, 1.54) is 0 Å². The third-order valence-electron chi connectivity index (χ3n) is 3.31. The molecule has 4 heteroatoms. The lowest BCUT2D eigenvalue weighted by atomic mass is 10.0. The zero-order valence-electron chi connectivity index (χ0n) is 10.4. The van der Waals surface area contributed by atoms with Crippen LogP contribution in [0.1, 0.15) is 17.7 Å². The molecule has 0 spiro atoms. The predicted molar refractivity (Wildman–Crippen MR) is 69.9 cm³/mol. The summed E-state index contributed by atoms with van der Waals surface area (Å²) in [5.41, 5.74) is 2.25. The van der Waals surface area contributed by atoms with Crippen molar-refractivity contribution in [3.05, 3.63) is 45.7 Å². The van der Waals surface area contributed by atoms with Gasteiger partial charge in [-0.2, -0.15) is 0 Å². The predicted octanol–water partition coefficient (Wildman–Crippen LogP) is 1.86. The zero-order chi connectivity index (χ0) is 13.3. The van der Waals surface area contributed by atoms with Gasteiger partial charge in [0.05, 0.1) is 5.52 Å². The molecule has 0 saturated carbocycles. The fraction of sp³-hybridized carbons (Fsp3) is 0.286. The molecule has 2 rings (SSSR count). The van der Waals surface area contributed by atoms with E-state index in [-0.39, 0.29) is 18.3 Å². The lowest BCUT2D eigenvalue weighted by Gasteiger charge is -2.13. The highest BCUT2D eigenvalue weighted by Crippen LogP contribution is 2.15. The quantitative estimate of drug-likeness (QED) is 0.898. The first-order chi connectivity index (χ1) is 8.52. The monoisotopic (exact) mass is 245 g/mol. The van der Waals surface area contributed by atoms with Crippen LogP contribution in [-0.4, -0.2) is 15.6 Å². The van der Waals surface area contributed by atoms with Crippen LogP contribution in [0.2, 0.25) is 0 Å². The highest BCUT2D eigenvalue weighted by molar-refractivity contribution is 5.80. The molecule has 0 fully saturated rings. The lowest BCUT2D eigenvalue weighted by Crippen LogP contribution is -2.18. The molecule has 0 saturated heterocycles. The molecular weight excluding hydrogens is 230 g/mol. The van der Waals surface area contributed by atoms with Crippen LogP contribution < -0.4 is 5.43 Å². The first-order valence-corrected chi connectivity index (χ1v) is 5.81. The summed E-state index contributed by atoms with van der Waals surface area (Å²) in [5.74, 6) is -0.885. The smallest absolute Gasteiger partial charge is 0.303 e. The minimum absolute atomic E-state index is 0.0194. The number of nitrogens with zero attached hydrogens (tertiary/aromatic N) is 1. The summed E-state index contributed by atoms with van der Waals surface area (Å²) in [6.07, 6.45) is 0.257. The SMILES string of the molecule is Cc1c(CCC(=O)O)c(=O)c2ccccc2n1C. The van der Waals surface area contributed by atoms with Crippen molar-refractivity contribution in [1.29, 1.82) is 0 Å². The average Bonchev–Trinajstić information content (AvgIpc) is 2.36. The molecule has 1 aromatic heterocycles. The molecule has 1 N–H and O–H groups in total. The fourth-order valence-electron chi connectivity index (χ4n) is 2.19. The maximum atomic E-state index is 12.3. The highest BCUT2D eigenvalue weighted by atomic mass is 16.4. The molecule has 4 nitrogen and oxygen atoms in total. The van der Waals surface area contributed by atoms with Crippen LogP contribution in [-0.2, 0) is 18.3 Å². The molecule has 0 radical (unpaired) electrons. The molecule has 0 aliphatic carbocycles. The molecule has 2 aromatic rings. The summed E-state index contributed by atoms with van der Waals surface area (Å²) in [7, 11) is 1.89. The Balaban J connectivity index is 2.67. The number of aryl methyl sites for hydroxylation is 1. The lowest BCUT2D eigenvalue weighted by molar-refractivity contribution is -0.136. The third kappa shape index (κ3) is 2.01. The van der Waals surface area contributed by atoms with Crippen molar-refractivity contribution in [2.75, 3.05) is 0 Å². The minimum Gasteiger partial charge on any atom is -0.481 e. The summed E-state index contributed by atoms with van der Waals surface area (Å²) < 4.78 is 1.94. The van der Waals surface area contributed by atoms with Gasteiger partial charge in [0, 0.05) is 30.1 Å². The van der Waals surface area contributed by atoms with Crippen LogP contribution >= 0.6 is 0 Å². The molecule has 0 aliphatic heterocycles. The minimum atomic E-state index is -0.885. The summed E-state index contributed by atoms with van der Waals surface area (Å²) in [5, 5.41) is 9.37. The van der Waals surface area contributed by atoms with E-state index in [9.17, 15) is 9.59 Å². The molecule has 94 valence electrons. The van der Waals surface area contributed by atoms with Gasteiger partial charge < -0.3 is 9.67 Å². The molecule has 0 unspecified atom stereocenters. The Morgan fingerprint density at radius 1 is 1.33 bits per heavy atom. The maximum Gasteiger partial charge on any atom is 0.303 e. The third-order valence-corrected chi connectivity index (χ3v) is 3.31. The van der Waals surface area contributed by atoms with E-state index in [1.54, 1.807) is 6.07 Å². The summed E-state index contributed by atoms with van der Waals surface area (Å²) >= 11 is 0. The second kappa shape index (κ2) is 4.64. The number of hydrogen-bond acceptors (Lipinski definition) is 2. The largest absolute Gasteiger partial charge is 0.481 e. The van der Waals surface area contributed by atoms with Gasteiger partial charge in [0.15, 0.2) is 5.43 Å². The zero-order valence-corrected chi connectivity index (χ0v) is 10.4. The van der Waals surface area contributed by atoms with Gasteiger partial charge in [-0.25, -0.2) is 0 Å². The van der Waals surface area contributed by atoms with Gasteiger partial charge in [0.25, 0.3) is 0 Å². The van der Waals surface area contributed by atoms with E-state index >= 15 is 0 Å². The first-order valence-electron chi connectivity index (χ1n) is 5.81. The van der Waals surface area contributed by atoms with Gasteiger partial charge in [-0.15, -0.1) is 0 Å². The number of benzene rings is 1. The van der Waals surface area contributed by atoms with Crippen molar-refractivity contribution in [3.63, 3.8) is 0 Å². The topological polar surface area (TPSA) is 59.3 Å². The van der Waals surface area contributed by atoms with Crippen molar-refractivity contribution in [2.45, 2.75) is 19.8 Å². The van der Waals surface area contributed by atoms with Crippen LogP contribution in [0.5, 0.6) is 0 Å². The number of carboxylic acid groups (broad SMARTS) is 1. The Morgan fingerprint density at radius 2 is 2.00 bits per heavy atom. The Kier molecular flexibility index (Phi) is 3.19. The summed E-state index contributed by atoms with van der Waals surface area (Å²) in [6.45, 7) is 1.85. The summed E-state index contributed by atoms with van der Waals surface area (Å²) in [6, 6.07) is 7.38. The highest BCUT2D eigenvalue weighted by Gasteiger charge is 2.12. The number of hydrogen-bond donors (Lipinski definition) is 1. The molecule has 0 bridgehead atoms. The molecule has 1 heterocycles. The van der Waals surface area contributed by atoms with Crippen LogP contribution in [0.3, 0.4) is 0 Å². The second-order valence-corrected chi connectivity index (χ2v) is 4.36. The molecule has 0 atom stereocenters. The second-order valence-electron chi connectivity index (χ2n) is 4.36. The van der Waals surface area contributed by atoms with Crippen LogP contribution in [0.4, 0.5) is 0 Å². The van der Waals surface area contributed by atoms with Crippen LogP contribution in [0.25, 0.3) is 10.9 Å². The number of fused-ring (bicyclic) bond motifs is 1. The Labute approximate surface area is 104 Å². The van der Waals surface area contributed by atoms with Crippen molar-refractivity contribution < 1.29 is 9.90 Å². The van der Waals surface area contributed by atoms with E-state index in [0.29, 0.717) is 10.9 Å². The molecular formula is C14H15NO3. The molecule has 0 aliphatic rings. The Hall–Kier alpha value is -2.10. The number of rotatable bonds is 3. The van der Waals surface area contributed by atoms with E-state index in [1.807, 2.05) is 36.7 Å². The van der Waals surface area contributed by atoms with Crippen molar-refractivity contribution in [1.82, 2.24) is 4.57 Å². The van der Waals surface area contributed by atoms with Crippen molar-refractivity contribution in [2.24, 2.45) is 7.05 Å². The normalized spacial score (nSPS) is 10.8. The number of carbonyl (C=O) groups is 1. The number of para-hydroxylation sites is 1. The summed E-state index contributed by atoms with van der Waals surface area (Å²) in [4.78, 5) is 22.9. The van der Waals surface area contributed by atoms with Crippen LogP contribution in [0, 0.1) is 6.92 Å². The van der Waals surface area contributed by atoms with Gasteiger partial charge in [-0.05, 0) is 25.5 Å². The number of pyridine rings is 1. The van der Waals surface area contributed by atoms with Gasteiger partial charge in [0.1, 0.15) is 0 Å². The number of aromatic nitrogens is 1. The van der Waals surface area contributed by atoms with Gasteiger partial charge in [-0.3, -0.25) is 9.59 Å². The molecule has 18 heavy (non-hydrogen) atoms. The van der Waals surface area contributed by atoms with E-state index in [4.69, 9.17) is 5.11 Å². The molecule has 1 aromatic carbocycles. The van der Waals surface area contributed by atoms with Crippen molar-refractivity contribution in [3.8, 4) is 0 Å². The van der Waals surface area contributed by atoms with Crippen molar-refractivity contribution >= 4 is 16.9 Å². The first kappa shape index (κ1) is 12.4. The Morgan fingerprint density at radius 3 is 2.67 bits per heavy atom. The average molecular weight is 245 g/mol. The van der Waals surface area contributed by atoms with Gasteiger partial charge in [-0.1, -0.05) is 12.1 Å². The fourth-order valence-corrected chi connectivity index (χ4v) is 2.19. The van der Waals surface area contributed by atoms with E-state index < -0.39 is 5.97 Å². The standard InChI is InChI=1S/C14H15NO3/c1-9-10(7-8-13(16)17)14(18)11-5-3-4-6-12(11)15(9)2/h3-6H,7-8H2,1-2H3,(H,16,17). The molecule has 0 amide bonds. The van der Waals surface area contributed by atoms with Crippen LogP contribution in [0.15, 0.2) is 29.1 Å². The van der Waals surface area contributed by atoms with E-state index in [2.05, 4.69) is 0 Å². The maximum absolute atomic E-state index is 12.3. The number of carboxylic acids is 1.